The van der Waals surface area contributed by atoms with Gasteiger partial charge in [-0.15, -0.1) is 0 Å². The van der Waals surface area contributed by atoms with Crippen LogP contribution in [0.3, 0.4) is 0 Å². The molecule has 3 rings (SSSR count). The molecule has 2 heterocycles. The Hall–Kier alpha value is -1.88. The van der Waals surface area contributed by atoms with Gasteiger partial charge in [0.2, 0.25) is 0 Å². The summed E-state index contributed by atoms with van der Waals surface area (Å²) in [6.45, 7) is 6.71. The molecule has 2 aromatic heterocycles. The molecule has 0 spiro atoms. The Labute approximate surface area is 260 Å². The molecule has 0 atom stereocenters. The Bertz CT molecular complexity index is 1390. The van der Waals surface area contributed by atoms with E-state index >= 15 is 0 Å². The van der Waals surface area contributed by atoms with Crippen molar-refractivity contribution in [1.29, 1.82) is 0 Å². The number of ether oxygens (including phenoxy) is 1. The first-order valence-corrected chi connectivity index (χ1v) is 25.2. The zero-order valence-electron chi connectivity index (χ0n) is 24.5. The third kappa shape index (κ3) is 10.1. The second kappa shape index (κ2) is 16.8. The summed E-state index contributed by atoms with van der Waals surface area (Å²) in [5.41, 5.74) is 0.397. The van der Waals surface area contributed by atoms with Gasteiger partial charge in [0.15, 0.2) is 0 Å². The van der Waals surface area contributed by atoms with Crippen molar-refractivity contribution in [2.45, 2.75) is 84.2 Å². The van der Waals surface area contributed by atoms with Gasteiger partial charge < -0.3 is 0 Å². The number of rotatable bonds is 19. The molecule has 0 fully saturated rings. The van der Waals surface area contributed by atoms with Crippen molar-refractivity contribution >= 4 is 71.2 Å². The van der Waals surface area contributed by atoms with Gasteiger partial charge in [-0.25, -0.2) is 0 Å². The van der Waals surface area contributed by atoms with Crippen LogP contribution in [0.5, 0.6) is 0 Å². The van der Waals surface area contributed by atoms with E-state index < -0.39 is 39.6 Å². The van der Waals surface area contributed by atoms with Gasteiger partial charge in [0.05, 0.1) is 4.92 Å². The number of fused-ring (bicyclic) bond motifs is 1. The molecule has 0 aliphatic heterocycles. The second-order valence-electron chi connectivity index (χ2n) is 10.3. The summed E-state index contributed by atoms with van der Waals surface area (Å²) in [4.78, 5) is 27.9. The van der Waals surface area contributed by atoms with Crippen molar-refractivity contribution < 1.29 is 22.9 Å². The zero-order valence-corrected chi connectivity index (χ0v) is 29.8. The number of benzene rings is 1. The maximum atomic E-state index is 12.3. The fourth-order valence-corrected chi connectivity index (χ4v) is 26.6. The number of non-ortho nitro benzene ring substituents is 1. The predicted octanol–water partition coefficient (Wildman–Crippen LogP) is 6.21. The Kier molecular flexibility index (Phi) is 13.9. The number of nitro benzene ring substituents is 1. The van der Waals surface area contributed by atoms with E-state index in [4.69, 9.17) is 4.74 Å². The van der Waals surface area contributed by atoms with Crippen LogP contribution in [0.25, 0.3) is 4.83 Å². The van der Waals surface area contributed by atoms with E-state index in [0.29, 0.717) is 11.3 Å². The number of nitrogens with one attached hydrogen (secondary N) is 2. The van der Waals surface area contributed by atoms with Gasteiger partial charge in [-0.2, -0.15) is 0 Å². The van der Waals surface area contributed by atoms with Crippen LogP contribution >= 0.6 is 23.1 Å². The van der Waals surface area contributed by atoms with E-state index in [9.17, 15) is 23.3 Å². The van der Waals surface area contributed by atoms with Crippen LogP contribution in [0.1, 0.15) is 64.9 Å². The molecule has 3 aromatic rings. The quantitative estimate of drug-likeness (QED) is 0.0485. The van der Waals surface area contributed by atoms with Crippen molar-refractivity contribution in [3.05, 3.63) is 52.5 Å². The Morgan fingerprint density at radius 3 is 2.29 bits per heavy atom. The Balaban J connectivity index is 1.54. The van der Waals surface area contributed by atoms with E-state index in [-0.39, 0.29) is 18.8 Å². The second-order valence-corrected chi connectivity index (χ2v) is 28.1. The number of hydrogen-bond donors (Lipinski definition) is 2. The fourth-order valence-electron chi connectivity index (χ4n) is 4.77. The molecule has 0 radical (unpaired) electrons. The van der Waals surface area contributed by atoms with Gasteiger partial charge in [-0.3, -0.25) is 10.1 Å². The van der Waals surface area contributed by atoms with Crippen LogP contribution in [0.15, 0.2) is 41.8 Å². The monoisotopic (exact) mass is 747 g/mol. The molecule has 42 heavy (non-hydrogen) atoms. The van der Waals surface area contributed by atoms with Crippen molar-refractivity contribution in [3.63, 3.8) is 0 Å². The summed E-state index contributed by atoms with van der Waals surface area (Å²) >= 11 is 0.825. The molecule has 0 bridgehead atoms. The van der Waals surface area contributed by atoms with Crippen molar-refractivity contribution in [2.75, 3.05) is 12.3 Å². The molecule has 0 saturated carbocycles. The molecule has 232 valence electrons. The molecular weight excluding hydrogens is 705 g/mol. The predicted molar refractivity (Wildman–Crippen MR) is 172 cm³/mol. The molecule has 2 N–H and O–H groups in total. The normalized spacial score (nSPS) is 12.1. The Morgan fingerprint density at radius 1 is 1.10 bits per heavy atom. The standard InChI is InChI=1S/C15H14N5O6S3.3C4H9.Sn/c21-15(26-9-11-1-3-12(4-2-11)20(22)23)18-29(24,25)17-5-7-27-13-14-19(10-16-13)6-8-28-14;3*1-3-4-2;/h1-4,6,10,17H,5,7,9H2,(H,18,21);3*1,3-4H2,2H3;. The number of unbranched alkanes of at least 4 members (excludes halogenated alkanes) is 3. The maximum absolute atomic E-state index is 12.3. The number of hydrogen-bond acceptors (Lipinski definition) is 9. The van der Waals surface area contributed by atoms with Crippen molar-refractivity contribution in [3.8, 4) is 0 Å². The van der Waals surface area contributed by atoms with Crippen LogP contribution in [0, 0.1) is 10.1 Å². The van der Waals surface area contributed by atoms with E-state index in [1.54, 1.807) is 2.89 Å². The van der Waals surface area contributed by atoms with Gasteiger partial charge in [0.1, 0.15) is 6.61 Å². The third-order valence-electron chi connectivity index (χ3n) is 7.10. The van der Waals surface area contributed by atoms with Gasteiger partial charge in [-0.05, 0) is 17.7 Å². The molecule has 0 aliphatic carbocycles. The molecule has 0 unspecified atom stereocenters. The number of aromatic nitrogens is 2. The van der Waals surface area contributed by atoms with Crippen molar-refractivity contribution in [1.82, 2.24) is 18.8 Å². The molecule has 0 aliphatic rings. The van der Waals surface area contributed by atoms with Crippen molar-refractivity contribution in [2.24, 2.45) is 0 Å². The van der Waals surface area contributed by atoms with Crippen LogP contribution in [-0.2, 0) is 21.6 Å². The molecule has 1 amide bonds. The molecule has 0 saturated heterocycles. The number of nitro groups is 1. The van der Waals surface area contributed by atoms with E-state index in [2.05, 4.69) is 41.1 Å². The number of thiazole rings is 1. The summed E-state index contributed by atoms with van der Waals surface area (Å²) < 4.78 is 41.7. The average Bonchev–Trinajstić information content (AvgIpc) is 3.56. The SMILES string of the molecule is CCC[CH2][Sn]([CH2]CCC)([CH2]CCC)[c]1cn2cnc(SCCNS(=O)(=O)NC(=O)OCc3ccc([N+](=O)[O-])cc3)c2s1. The first-order chi connectivity index (χ1) is 20.1. The minimum absolute atomic E-state index is 0.0922. The number of imidazole rings is 1. The minimum atomic E-state index is -4.12. The van der Waals surface area contributed by atoms with Crippen LogP contribution in [0.2, 0.25) is 13.3 Å². The van der Waals surface area contributed by atoms with Crippen LogP contribution in [-0.4, -0.2) is 59.5 Å². The summed E-state index contributed by atoms with van der Waals surface area (Å²) in [5.74, 6) is 0.439. The first-order valence-electron chi connectivity index (χ1n) is 14.4. The number of carbonyl (C=O) groups is 1. The summed E-state index contributed by atoms with van der Waals surface area (Å²) in [6, 6.07) is 5.43. The number of carbonyl (C=O) groups excluding carboxylic acids is 1. The summed E-state index contributed by atoms with van der Waals surface area (Å²) in [6.07, 6.45) is 10.6. The molecule has 15 heteroatoms. The molecule has 11 nitrogen and oxygen atoms in total. The van der Waals surface area contributed by atoms with E-state index in [1.807, 2.05) is 22.4 Å². The van der Waals surface area contributed by atoms with Gasteiger partial charge in [0.25, 0.3) is 5.69 Å². The summed E-state index contributed by atoms with van der Waals surface area (Å²) in [5, 5.41) is 11.6. The first kappa shape index (κ1) is 34.6. The van der Waals surface area contributed by atoms with E-state index in [1.165, 1.54) is 87.9 Å². The van der Waals surface area contributed by atoms with E-state index in [0.717, 1.165) is 9.86 Å². The van der Waals surface area contributed by atoms with Gasteiger partial charge >= 0.3 is 205 Å². The average molecular weight is 747 g/mol. The summed E-state index contributed by atoms with van der Waals surface area (Å²) in [7, 11) is -4.12. The number of nitrogens with zero attached hydrogens (tertiary/aromatic N) is 3. The van der Waals surface area contributed by atoms with Gasteiger partial charge in [0, 0.05) is 12.1 Å². The fraction of sp³-hybridized carbons (Fsp3) is 0.556. The molecule has 1 aromatic carbocycles. The molecular formula is C27H41N5O6S3Sn. The number of amides is 1. The Morgan fingerprint density at radius 2 is 1.71 bits per heavy atom. The number of thioether (sulfide) groups is 1. The van der Waals surface area contributed by atoms with Gasteiger partial charge in [-0.1, -0.05) is 0 Å². The van der Waals surface area contributed by atoms with Crippen LogP contribution in [0.4, 0.5) is 10.5 Å². The van der Waals surface area contributed by atoms with Crippen LogP contribution < -0.4 is 12.3 Å². The third-order valence-corrected chi connectivity index (χ3v) is 28.5. The zero-order chi connectivity index (χ0) is 30.6. The topological polar surface area (TPSA) is 145 Å².